The van der Waals surface area contributed by atoms with Crippen molar-refractivity contribution < 1.29 is 23.8 Å². The van der Waals surface area contributed by atoms with Crippen LogP contribution in [0.4, 0.5) is 4.39 Å². The second-order valence-electron chi connectivity index (χ2n) is 8.92. The summed E-state index contributed by atoms with van der Waals surface area (Å²) in [6, 6.07) is 5.95. The summed E-state index contributed by atoms with van der Waals surface area (Å²) in [7, 11) is 1.36. The molecule has 1 aliphatic carbocycles. The van der Waals surface area contributed by atoms with Gasteiger partial charge in [0.05, 0.1) is 12.7 Å². The summed E-state index contributed by atoms with van der Waals surface area (Å²) in [5.74, 6) is -0.999. The lowest BCUT2D eigenvalue weighted by molar-refractivity contribution is -0.140. The van der Waals surface area contributed by atoms with Crippen molar-refractivity contribution >= 4 is 11.8 Å². The van der Waals surface area contributed by atoms with Crippen LogP contribution in [0.2, 0.25) is 0 Å². The predicted octanol–water partition coefficient (Wildman–Crippen LogP) is 4.92. The molecule has 0 heterocycles. The van der Waals surface area contributed by atoms with Gasteiger partial charge in [-0.2, -0.15) is 4.91 Å². The molecule has 0 spiro atoms. The van der Waals surface area contributed by atoms with Gasteiger partial charge in [-0.15, -0.1) is 0 Å². The molecule has 4 atom stereocenters. The molecule has 1 unspecified atom stereocenters. The van der Waals surface area contributed by atoms with E-state index >= 15 is 0 Å². The third kappa shape index (κ3) is 7.93. The van der Waals surface area contributed by atoms with Crippen molar-refractivity contribution in [1.82, 2.24) is 0 Å². The number of unbranched alkanes of at least 4 members (excludes halogenated alkanes) is 1. The Morgan fingerprint density at radius 3 is 2.75 bits per heavy atom. The van der Waals surface area contributed by atoms with Crippen molar-refractivity contribution in [2.75, 3.05) is 7.11 Å². The number of rotatable bonds is 13. The Hall–Kier alpha value is -2.41. The number of ketones is 1. The molecule has 1 aromatic carbocycles. The van der Waals surface area contributed by atoms with E-state index in [0.717, 1.165) is 0 Å². The fourth-order valence-electron chi connectivity index (χ4n) is 4.37. The first kappa shape index (κ1) is 25.8. The molecule has 0 saturated heterocycles. The molecule has 6 nitrogen and oxygen atoms in total. The van der Waals surface area contributed by atoms with Crippen LogP contribution in [0, 0.1) is 22.6 Å². The van der Waals surface area contributed by atoms with Crippen molar-refractivity contribution in [2.45, 2.75) is 76.4 Å². The summed E-state index contributed by atoms with van der Waals surface area (Å²) in [5, 5.41) is 14.0. The van der Waals surface area contributed by atoms with E-state index in [2.05, 4.69) is 9.91 Å². The molecule has 0 aliphatic heterocycles. The first-order chi connectivity index (χ1) is 15.3. The summed E-state index contributed by atoms with van der Waals surface area (Å²) in [4.78, 5) is 34.9. The van der Waals surface area contributed by atoms with Gasteiger partial charge in [0.25, 0.3) is 0 Å². The van der Waals surface area contributed by atoms with Crippen LogP contribution in [0.15, 0.2) is 41.6 Å². The molecule has 1 aromatic rings. The normalized spacial score (nSPS) is 22.8. The number of hydrogen-bond acceptors (Lipinski definition) is 6. The maximum Gasteiger partial charge on any atom is 0.305 e. The quantitative estimate of drug-likeness (QED) is 0.201. The SMILES string of the molecule is COC(=O)CCCC=CC[C@H]1C(=O)CC(N=O)[C@@H]1CC[C@@](C)(O)CCc1ccccc1F. The predicted molar refractivity (Wildman–Crippen MR) is 120 cm³/mol. The maximum atomic E-state index is 13.8. The third-order valence-electron chi connectivity index (χ3n) is 6.41. The zero-order valence-corrected chi connectivity index (χ0v) is 19.0. The maximum absolute atomic E-state index is 13.8. The van der Waals surface area contributed by atoms with Gasteiger partial charge in [0.2, 0.25) is 0 Å². The molecule has 0 amide bonds. The number of aliphatic hydroxyl groups is 1. The van der Waals surface area contributed by atoms with Crippen LogP contribution in [0.1, 0.15) is 63.9 Å². The van der Waals surface area contributed by atoms with Crippen molar-refractivity contribution in [1.29, 1.82) is 0 Å². The molecule has 1 fully saturated rings. The highest BCUT2D eigenvalue weighted by molar-refractivity contribution is 5.84. The van der Waals surface area contributed by atoms with Crippen molar-refractivity contribution in [3.05, 3.63) is 52.7 Å². The Morgan fingerprint density at radius 1 is 1.31 bits per heavy atom. The lowest BCUT2D eigenvalue weighted by atomic mass is 9.82. The molecule has 1 N–H and O–H groups in total. The van der Waals surface area contributed by atoms with Crippen LogP contribution < -0.4 is 0 Å². The zero-order valence-electron chi connectivity index (χ0n) is 19.0. The molecule has 0 aromatic heterocycles. The van der Waals surface area contributed by atoms with Crippen LogP contribution in [0.5, 0.6) is 0 Å². The number of nitroso groups, excluding NO2 is 1. The minimum Gasteiger partial charge on any atom is -0.469 e. The highest BCUT2D eigenvalue weighted by Gasteiger charge is 2.43. The average molecular weight is 448 g/mol. The van der Waals surface area contributed by atoms with Gasteiger partial charge < -0.3 is 9.84 Å². The summed E-state index contributed by atoms with van der Waals surface area (Å²) in [6.07, 6.45) is 7.99. The summed E-state index contributed by atoms with van der Waals surface area (Å²) < 4.78 is 18.5. The second-order valence-corrected chi connectivity index (χ2v) is 8.92. The Labute approximate surface area is 189 Å². The Bertz CT molecular complexity index is 807. The minimum atomic E-state index is -1.03. The van der Waals surface area contributed by atoms with Crippen LogP contribution in [0.3, 0.4) is 0 Å². The lowest BCUT2D eigenvalue weighted by Crippen LogP contribution is -2.28. The highest BCUT2D eigenvalue weighted by atomic mass is 19.1. The molecule has 1 aliphatic rings. The van der Waals surface area contributed by atoms with E-state index in [1.165, 1.54) is 13.2 Å². The second kappa shape index (κ2) is 12.6. The molecule has 2 rings (SSSR count). The standard InChI is InChI=1S/C25H34FNO5/c1-25(30,15-13-18-9-7-8-11-21(18)26)16-14-19-20(23(28)17-22(19)27-31)10-5-3-4-6-12-24(29)32-2/h3,5,7-9,11,19-20,22,30H,4,6,10,12-17H2,1-2H3/t19-,20-,22?,25+/m1/s1. The van der Waals surface area contributed by atoms with Crippen molar-refractivity contribution in [2.24, 2.45) is 17.0 Å². The van der Waals surface area contributed by atoms with Crippen LogP contribution in [-0.4, -0.2) is 35.6 Å². The zero-order chi connectivity index (χ0) is 23.6. The van der Waals surface area contributed by atoms with Gasteiger partial charge in [-0.1, -0.05) is 35.5 Å². The first-order valence-corrected chi connectivity index (χ1v) is 11.3. The number of nitrogens with zero attached hydrogens (tertiary/aromatic N) is 1. The number of carbonyl (C=O) groups excluding carboxylic acids is 2. The average Bonchev–Trinajstić information content (AvgIpc) is 3.08. The van der Waals surface area contributed by atoms with E-state index in [9.17, 15) is 24.0 Å². The number of aryl methyl sites for hydroxylation is 1. The van der Waals surface area contributed by atoms with E-state index in [-0.39, 0.29) is 35.8 Å². The minimum absolute atomic E-state index is 0.0322. The molecular weight excluding hydrogens is 413 g/mol. The molecule has 1 saturated carbocycles. The molecule has 0 radical (unpaired) electrons. The van der Waals surface area contributed by atoms with Gasteiger partial charge in [-0.05, 0) is 69.4 Å². The van der Waals surface area contributed by atoms with Gasteiger partial charge >= 0.3 is 5.97 Å². The number of hydrogen-bond donors (Lipinski definition) is 1. The topological polar surface area (TPSA) is 93.0 Å². The number of esters is 1. The van der Waals surface area contributed by atoms with E-state index in [4.69, 9.17) is 0 Å². The van der Waals surface area contributed by atoms with Crippen molar-refractivity contribution in [3.8, 4) is 0 Å². The largest absolute Gasteiger partial charge is 0.469 e. The molecule has 176 valence electrons. The number of ether oxygens (including phenoxy) is 1. The van der Waals surface area contributed by atoms with Gasteiger partial charge in [-0.25, -0.2) is 4.39 Å². The van der Waals surface area contributed by atoms with Crippen LogP contribution in [-0.2, 0) is 20.7 Å². The monoisotopic (exact) mass is 447 g/mol. The van der Waals surface area contributed by atoms with Gasteiger partial charge in [0.15, 0.2) is 0 Å². The number of benzene rings is 1. The molecule has 0 bridgehead atoms. The summed E-state index contributed by atoms with van der Waals surface area (Å²) >= 11 is 0. The number of carbonyl (C=O) groups is 2. The highest BCUT2D eigenvalue weighted by Crippen LogP contribution is 2.39. The first-order valence-electron chi connectivity index (χ1n) is 11.3. The lowest BCUT2D eigenvalue weighted by Gasteiger charge is -2.27. The molecule has 7 heteroatoms. The van der Waals surface area contributed by atoms with Crippen molar-refractivity contribution in [3.63, 3.8) is 0 Å². The Balaban J connectivity index is 1.88. The Morgan fingerprint density at radius 2 is 2.06 bits per heavy atom. The number of halogens is 1. The number of allylic oxidation sites excluding steroid dienone is 2. The van der Waals surface area contributed by atoms with Crippen LogP contribution in [0.25, 0.3) is 0 Å². The molecule has 32 heavy (non-hydrogen) atoms. The van der Waals surface area contributed by atoms with E-state index in [0.29, 0.717) is 56.9 Å². The van der Waals surface area contributed by atoms with E-state index in [1.807, 2.05) is 12.2 Å². The van der Waals surface area contributed by atoms with E-state index < -0.39 is 11.6 Å². The van der Waals surface area contributed by atoms with E-state index in [1.54, 1.807) is 25.1 Å². The summed E-state index contributed by atoms with van der Waals surface area (Å²) in [6.45, 7) is 1.71. The van der Waals surface area contributed by atoms with Gasteiger partial charge in [0, 0.05) is 18.8 Å². The van der Waals surface area contributed by atoms with Gasteiger partial charge in [0.1, 0.15) is 17.6 Å². The fourth-order valence-corrected chi connectivity index (χ4v) is 4.37. The smallest absolute Gasteiger partial charge is 0.305 e. The third-order valence-corrected chi connectivity index (χ3v) is 6.41. The van der Waals surface area contributed by atoms with Crippen LogP contribution >= 0.6 is 0 Å². The molecular formula is C25H34FNO5. The number of methoxy groups -OCH3 is 1. The van der Waals surface area contributed by atoms with Gasteiger partial charge in [-0.3, -0.25) is 9.59 Å². The number of Topliss-reactive ketones (excluding diaryl/α,β-unsaturated/α-hetero) is 1. The summed E-state index contributed by atoms with van der Waals surface area (Å²) in [5.41, 5.74) is -0.471. The Kier molecular flexibility index (Phi) is 10.2. The fraction of sp³-hybridized carbons (Fsp3) is 0.600.